The normalized spacial score (nSPS) is 7.08. The van der Waals surface area contributed by atoms with Crippen molar-refractivity contribution in [2.75, 3.05) is 0 Å². The molecule has 0 saturated carbocycles. The van der Waals surface area contributed by atoms with Crippen molar-refractivity contribution in [2.24, 2.45) is 0 Å². The summed E-state index contributed by atoms with van der Waals surface area (Å²) in [6, 6.07) is 0. The maximum Gasteiger partial charge on any atom is -0.0533 e. The highest BCUT2D eigenvalue weighted by Gasteiger charge is 1.85. The van der Waals surface area contributed by atoms with Crippen LogP contribution in [0.4, 0.5) is 0 Å². The molecule has 0 aliphatic carbocycles. The first-order valence-electron chi connectivity index (χ1n) is 4.75. The Morgan fingerprint density at radius 3 is 1.08 bits per heavy atom. The molecule has 0 spiro atoms. The highest BCUT2D eigenvalue weighted by molar-refractivity contribution is 4.47. The van der Waals surface area contributed by atoms with E-state index >= 15 is 0 Å². The number of hydrogen-bond donors (Lipinski definition) is 0. The largest absolute Gasteiger partial charge is 0.124 e. The van der Waals surface area contributed by atoms with Gasteiger partial charge in [0.15, 0.2) is 0 Å². The predicted molar refractivity (Wildman–Crippen MR) is 67.0 cm³/mol. The number of unbranched alkanes of at least 4 members (excludes halogenated alkanes) is 6. The van der Waals surface area contributed by atoms with Crippen LogP contribution in [0.15, 0.2) is 0 Å². The Balaban J connectivity index is -0.0000000941. The Kier molecular flexibility index (Phi) is 52.8. The number of terminal acetylenes is 1. The molecule has 0 N–H and O–H groups in total. The molecular formula is C13H30. The second kappa shape index (κ2) is 30.0. The zero-order valence-electron chi connectivity index (χ0n) is 8.10. The lowest BCUT2D eigenvalue weighted by molar-refractivity contribution is 0.602. The molecule has 82 valence electrons. The van der Waals surface area contributed by atoms with E-state index in [1.807, 2.05) is 0 Å². The monoisotopic (exact) mass is 186 g/mol. The Labute approximate surface area is 87.1 Å². The van der Waals surface area contributed by atoms with Gasteiger partial charge in [0.25, 0.3) is 0 Å². The van der Waals surface area contributed by atoms with Crippen LogP contribution in [0.25, 0.3) is 0 Å². The summed E-state index contributed by atoms with van der Waals surface area (Å²) in [5.74, 6) is 0. The van der Waals surface area contributed by atoms with Gasteiger partial charge < -0.3 is 0 Å². The Bertz CT molecular complexity index is 55.7. The third-order valence-electron chi connectivity index (χ3n) is 1.71. The molecule has 0 saturated heterocycles. The molecule has 0 amide bonds. The van der Waals surface area contributed by atoms with Gasteiger partial charge in [-0.05, 0) is 0 Å². The molecule has 0 fully saturated rings. The van der Waals surface area contributed by atoms with Crippen molar-refractivity contribution in [2.45, 2.75) is 73.6 Å². The molecule has 0 heterocycles. The lowest BCUT2D eigenvalue weighted by Crippen LogP contribution is -1.76. The van der Waals surface area contributed by atoms with Gasteiger partial charge in [0, 0.05) is 0 Å². The minimum Gasteiger partial charge on any atom is -0.124 e. The van der Waals surface area contributed by atoms with Gasteiger partial charge in [0.1, 0.15) is 0 Å². The van der Waals surface area contributed by atoms with Crippen molar-refractivity contribution in [1.82, 2.24) is 0 Å². The molecule has 0 radical (unpaired) electrons. The second-order valence-electron chi connectivity index (χ2n) is 2.77. The standard InChI is InChI=1S/C9H20.C2H2.2CH4/c1-3-5-7-9-8-6-4-2;1-2;;/h3-9H2,1-2H3;1-2H;2*1H4. The van der Waals surface area contributed by atoms with Gasteiger partial charge in [-0.25, -0.2) is 0 Å². The number of rotatable bonds is 6. The Morgan fingerprint density at radius 1 is 0.615 bits per heavy atom. The van der Waals surface area contributed by atoms with Gasteiger partial charge in [-0.2, -0.15) is 0 Å². The topological polar surface area (TPSA) is 0 Å². The van der Waals surface area contributed by atoms with Crippen molar-refractivity contribution in [1.29, 1.82) is 0 Å². The minimum absolute atomic E-state index is 0. The fourth-order valence-corrected chi connectivity index (χ4v) is 1.03. The van der Waals surface area contributed by atoms with Crippen molar-refractivity contribution >= 4 is 0 Å². The van der Waals surface area contributed by atoms with Crippen molar-refractivity contribution in [3.63, 3.8) is 0 Å². The summed E-state index contributed by atoms with van der Waals surface area (Å²) < 4.78 is 0. The van der Waals surface area contributed by atoms with Crippen LogP contribution in [0.1, 0.15) is 73.6 Å². The van der Waals surface area contributed by atoms with Gasteiger partial charge in [0.2, 0.25) is 0 Å². The van der Waals surface area contributed by atoms with E-state index in [0.29, 0.717) is 0 Å². The van der Waals surface area contributed by atoms with E-state index < -0.39 is 0 Å². The molecule has 13 heavy (non-hydrogen) atoms. The van der Waals surface area contributed by atoms with Crippen LogP contribution in [0.5, 0.6) is 0 Å². The molecular weight excluding hydrogens is 156 g/mol. The van der Waals surface area contributed by atoms with Crippen LogP contribution in [0, 0.1) is 12.8 Å². The van der Waals surface area contributed by atoms with Crippen molar-refractivity contribution < 1.29 is 0 Å². The van der Waals surface area contributed by atoms with Gasteiger partial charge in [-0.15, -0.1) is 12.8 Å². The van der Waals surface area contributed by atoms with Gasteiger partial charge in [-0.3, -0.25) is 0 Å². The summed E-state index contributed by atoms with van der Waals surface area (Å²) in [4.78, 5) is 0. The van der Waals surface area contributed by atoms with Crippen LogP contribution < -0.4 is 0 Å². The zero-order valence-corrected chi connectivity index (χ0v) is 8.10. The Hall–Kier alpha value is -0.440. The minimum atomic E-state index is 0. The van der Waals surface area contributed by atoms with E-state index in [4.69, 9.17) is 0 Å². The second-order valence-corrected chi connectivity index (χ2v) is 2.77. The van der Waals surface area contributed by atoms with E-state index in [9.17, 15) is 0 Å². The molecule has 0 bridgehead atoms. The molecule has 0 aliphatic heterocycles. The van der Waals surface area contributed by atoms with Crippen LogP contribution >= 0.6 is 0 Å². The fraction of sp³-hybridized carbons (Fsp3) is 0.846. The molecule has 0 aromatic carbocycles. The lowest BCUT2D eigenvalue weighted by atomic mass is 10.1. The third kappa shape index (κ3) is 34.2. The average Bonchev–Trinajstić information content (AvgIpc) is 2.08. The Morgan fingerprint density at radius 2 is 0.846 bits per heavy atom. The number of hydrogen-bond acceptors (Lipinski definition) is 0. The van der Waals surface area contributed by atoms with Crippen LogP contribution in [-0.4, -0.2) is 0 Å². The first-order valence-corrected chi connectivity index (χ1v) is 4.75. The molecule has 0 atom stereocenters. The summed E-state index contributed by atoms with van der Waals surface area (Å²) in [7, 11) is 0. The van der Waals surface area contributed by atoms with E-state index in [1.54, 1.807) is 0 Å². The average molecular weight is 186 g/mol. The molecule has 0 heteroatoms. The highest BCUT2D eigenvalue weighted by Crippen LogP contribution is 2.05. The summed E-state index contributed by atoms with van der Waals surface area (Å²) in [5, 5.41) is 0. The van der Waals surface area contributed by atoms with E-state index in [1.165, 1.54) is 44.9 Å². The SMILES string of the molecule is C.C.C#C.CCCCCCCCC. The van der Waals surface area contributed by atoms with Crippen LogP contribution in [0.2, 0.25) is 0 Å². The van der Waals surface area contributed by atoms with Crippen molar-refractivity contribution in [3.8, 4) is 12.8 Å². The summed E-state index contributed by atoms with van der Waals surface area (Å²) in [5.41, 5.74) is 0. The molecule has 0 rings (SSSR count). The molecule has 0 aliphatic rings. The van der Waals surface area contributed by atoms with E-state index in [0.717, 1.165) is 0 Å². The summed E-state index contributed by atoms with van der Waals surface area (Å²) in [6.07, 6.45) is 18.0. The maximum atomic E-state index is 4.00. The highest BCUT2D eigenvalue weighted by atomic mass is 13.9. The van der Waals surface area contributed by atoms with Crippen LogP contribution in [0.3, 0.4) is 0 Å². The quantitative estimate of drug-likeness (QED) is 0.391. The predicted octanol–water partition coefficient (Wildman–Crippen LogP) is 5.28. The lowest BCUT2D eigenvalue weighted by Gasteiger charge is -1.96. The first-order chi connectivity index (χ1) is 5.41. The molecule has 0 aromatic rings. The fourth-order valence-electron chi connectivity index (χ4n) is 1.03. The van der Waals surface area contributed by atoms with Crippen molar-refractivity contribution in [3.05, 3.63) is 0 Å². The van der Waals surface area contributed by atoms with E-state index in [-0.39, 0.29) is 14.9 Å². The zero-order chi connectivity index (χ0) is 8.95. The van der Waals surface area contributed by atoms with Gasteiger partial charge in [0.05, 0.1) is 0 Å². The summed E-state index contributed by atoms with van der Waals surface area (Å²) in [6.45, 7) is 4.53. The smallest absolute Gasteiger partial charge is 0.0533 e. The van der Waals surface area contributed by atoms with Gasteiger partial charge >= 0.3 is 0 Å². The third-order valence-corrected chi connectivity index (χ3v) is 1.71. The molecule has 0 aromatic heterocycles. The van der Waals surface area contributed by atoms with Crippen LogP contribution in [-0.2, 0) is 0 Å². The van der Waals surface area contributed by atoms with Gasteiger partial charge in [-0.1, -0.05) is 73.6 Å². The van der Waals surface area contributed by atoms with E-state index in [2.05, 4.69) is 26.7 Å². The summed E-state index contributed by atoms with van der Waals surface area (Å²) >= 11 is 0. The maximum absolute atomic E-state index is 4.00. The molecule has 0 nitrogen and oxygen atoms in total. The molecule has 0 unspecified atom stereocenters. The first kappa shape index (κ1) is 22.9.